The Balaban J connectivity index is 0.00000169. The molecular weight excluding hydrogens is 373 g/mol. The van der Waals surface area contributed by atoms with Crippen molar-refractivity contribution in [2.24, 2.45) is 11.7 Å². The van der Waals surface area contributed by atoms with Crippen molar-refractivity contribution in [3.8, 4) is 5.75 Å². The summed E-state index contributed by atoms with van der Waals surface area (Å²) in [6.45, 7) is 4.54. The monoisotopic (exact) mass is 397 g/mol. The molecule has 1 atom stereocenters. The average Bonchev–Trinajstić information content (AvgIpc) is 3.10. The third-order valence-electron chi connectivity index (χ3n) is 4.37. The molecule has 1 aromatic carbocycles. The van der Waals surface area contributed by atoms with Crippen molar-refractivity contribution >= 4 is 30.7 Å². The lowest BCUT2D eigenvalue weighted by atomic mass is 10.1. The van der Waals surface area contributed by atoms with Gasteiger partial charge in [-0.2, -0.15) is 0 Å². The molecule has 2 heterocycles. The molecule has 1 saturated heterocycles. The lowest BCUT2D eigenvalue weighted by molar-refractivity contribution is 0.0787. The van der Waals surface area contributed by atoms with Gasteiger partial charge in [-0.15, -0.1) is 24.8 Å². The van der Waals surface area contributed by atoms with E-state index in [1.165, 1.54) is 0 Å². The Labute approximate surface area is 166 Å². The number of likely N-dealkylation sites (tertiary alicyclic amines) is 1. The third kappa shape index (κ3) is 5.59. The van der Waals surface area contributed by atoms with Crippen molar-refractivity contribution in [2.75, 3.05) is 19.6 Å². The van der Waals surface area contributed by atoms with Crippen LogP contribution in [-0.2, 0) is 6.61 Å². The van der Waals surface area contributed by atoms with Crippen LogP contribution < -0.4 is 10.5 Å². The van der Waals surface area contributed by atoms with E-state index in [1.54, 1.807) is 6.20 Å². The van der Waals surface area contributed by atoms with E-state index in [0.717, 1.165) is 36.5 Å². The molecule has 1 aliphatic heterocycles. The summed E-state index contributed by atoms with van der Waals surface area (Å²) in [5.74, 6) is 1.22. The standard InChI is InChI=1S/C19H23N3O2.2ClH/c1-14-5-6-18(11-21-14)24-13-15-3-2-4-17(9-15)19(23)22-8-7-16(10-20)12-22;;/h2-6,9,11,16H,7-8,10,12-13,20H2,1H3;2*1H. The molecule has 0 aliphatic carbocycles. The van der Waals surface area contributed by atoms with Gasteiger partial charge < -0.3 is 15.4 Å². The Kier molecular flexibility index (Phi) is 8.85. The maximum Gasteiger partial charge on any atom is 0.253 e. The van der Waals surface area contributed by atoms with Crippen molar-refractivity contribution in [2.45, 2.75) is 20.0 Å². The fourth-order valence-electron chi connectivity index (χ4n) is 2.89. The highest BCUT2D eigenvalue weighted by Gasteiger charge is 2.25. The Morgan fingerprint density at radius 1 is 1.31 bits per heavy atom. The van der Waals surface area contributed by atoms with Gasteiger partial charge in [-0.25, -0.2) is 0 Å². The molecule has 1 aliphatic rings. The molecule has 1 fully saturated rings. The summed E-state index contributed by atoms with van der Waals surface area (Å²) in [5.41, 5.74) is 8.33. The number of aromatic nitrogens is 1. The first-order chi connectivity index (χ1) is 11.7. The predicted molar refractivity (Wildman–Crippen MR) is 107 cm³/mol. The zero-order valence-corrected chi connectivity index (χ0v) is 16.4. The number of nitrogens with zero attached hydrogens (tertiary/aromatic N) is 2. The van der Waals surface area contributed by atoms with Gasteiger partial charge in [-0.1, -0.05) is 12.1 Å². The molecule has 3 rings (SSSR count). The van der Waals surface area contributed by atoms with Gasteiger partial charge in [0.05, 0.1) is 6.20 Å². The summed E-state index contributed by atoms with van der Waals surface area (Å²) < 4.78 is 5.74. The van der Waals surface area contributed by atoms with Crippen molar-refractivity contribution in [1.82, 2.24) is 9.88 Å². The molecule has 1 aromatic heterocycles. The number of pyridine rings is 1. The van der Waals surface area contributed by atoms with Crippen LogP contribution in [0.2, 0.25) is 0 Å². The van der Waals surface area contributed by atoms with Gasteiger partial charge in [-0.05, 0) is 55.6 Å². The number of nitrogens with two attached hydrogens (primary N) is 1. The molecule has 0 saturated carbocycles. The van der Waals surface area contributed by atoms with Crippen LogP contribution in [0.4, 0.5) is 0 Å². The molecule has 2 N–H and O–H groups in total. The van der Waals surface area contributed by atoms with Crippen LogP contribution in [0.3, 0.4) is 0 Å². The van der Waals surface area contributed by atoms with Crippen LogP contribution in [0.25, 0.3) is 0 Å². The maximum absolute atomic E-state index is 12.6. The summed E-state index contributed by atoms with van der Waals surface area (Å²) in [6, 6.07) is 11.4. The Morgan fingerprint density at radius 3 is 2.77 bits per heavy atom. The van der Waals surface area contributed by atoms with E-state index in [9.17, 15) is 4.79 Å². The number of rotatable bonds is 5. The highest BCUT2D eigenvalue weighted by atomic mass is 35.5. The second kappa shape index (κ2) is 10.4. The first-order valence-corrected chi connectivity index (χ1v) is 8.29. The Hall–Kier alpha value is -1.82. The van der Waals surface area contributed by atoms with E-state index in [0.29, 0.717) is 24.6 Å². The normalized spacial score (nSPS) is 15.8. The van der Waals surface area contributed by atoms with Crippen molar-refractivity contribution in [3.05, 3.63) is 59.4 Å². The van der Waals surface area contributed by atoms with Gasteiger partial charge in [0.2, 0.25) is 0 Å². The van der Waals surface area contributed by atoms with Gasteiger partial charge in [0.25, 0.3) is 5.91 Å². The molecular formula is C19H25Cl2N3O2. The van der Waals surface area contributed by atoms with E-state index >= 15 is 0 Å². The number of hydrogen-bond donors (Lipinski definition) is 1. The first-order valence-electron chi connectivity index (χ1n) is 8.29. The van der Waals surface area contributed by atoms with Crippen LogP contribution in [0, 0.1) is 12.8 Å². The molecule has 26 heavy (non-hydrogen) atoms. The molecule has 5 nitrogen and oxygen atoms in total. The molecule has 7 heteroatoms. The summed E-state index contributed by atoms with van der Waals surface area (Å²) >= 11 is 0. The van der Waals surface area contributed by atoms with E-state index in [4.69, 9.17) is 10.5 Å². The zero-order chi connectivity index (χ0) is 16.9. The first kappa shape index (κ1) is 22.2. The zero-order valence-electron chi connectivity index (χ0n) is 14.8. The van der Waals surface area contributed by atoms with Gasteiger partial charge in [-0.3, -0.25) is 9.78 Å². The van der Waals surface area contributed by atoms with Crippen LogP contribution in [-0.4, -0.2) is 35.4 Å². The number of aryl methyl sites for hydroxylation is 1. The number of benzene rings is 1. The summed E-state index contributed by atoms with van der Waals surface area (Å²) in [7, 11) is 0. The van der Waals surface area contributed by atoms with E-state index in [-0.39, 0.29) is 30.7 Å². The SMILES string of the molecule is Cc1ccc(OCc2cccc(C(=O)N3CCC(CN)C3)c2)cn1.Cl.Cl. The fraction of sp³-hybridized carbons (Fsp3) is 0.368. The second-order valence-corrected chi connectivity index (χ2v) is 6.27. The van der Waals surface area contributed by atoms with E-state index in [2.05, 4.69) is 4.98 Å². The van der Waals surface area contributed by atoms with Crippen LogP contribution in [0.5, 0.6) is 5.75 Å². The molecule has 1 amide bonds. The van der Waals surface area contributed by atoms with Gasteiger partial charge in [0, 0.05) is 24.3 Å². The summed E-state index contributed by atoms with van der Waals surface area (Å²) in [6.07, 6.45) is 2.70. The molecule has 2 aromatic rings. The minimum Gasteiger partial charge on any atom is -0.487 e. The quantitative estimate of drug-likeness (QED) is 0.840. The summed E-state index contributed by atoms with van der Waals surface area (Å²) in [5, 5.41) is 0. The lowest BCUT2D eigenvalue weighted by Gasteiger charge is -2.17. The molecule has 0 radical (unpaired) electrons. The van der Waals surface area contributed by atoms with Gasteiger partial charge >= 0.3 is 0 Å². The fourth-order valence-corrected chi connectivity index (χ4v) is 2.89. The number of halogens is 2. The highest BCUT2D eigenvalue weighted by molar-refractivity contribution is 5.94. The van der Waals surface area contributed by atoms with Gasteiger partial charge in [0.1, 0.15) is 12.4 Å². The Bertz CT molecular complexity index is 710. The molecule has 0 bridgehead atoms. The lowest BCUT2D eigenvalue weighted by Crippen LogP contribution is -2.29. The minimum absolute atomic E-state index is 0. The largest absolute Gasteiger partial charge is 0.487 e. The van der Waals surface area contributed by atoms with Crippen molar-refractivity contribution in [3.63, 3.8) is 0 Å². The predicted octanol–water partition coefficient (Wildman–Crippen LogP) is 3.23. The highest BCUT2D eigenvalue weighted by Crippen LogP contribution is 2.19. The van der Waals surface area contributed by atoms with E-state index < -0.39 is 0 Å². The molecule has 1 unspecified atom stereocenters. The number of hydrogen-bond acceptors (Lipinski definition) is 4. The minimum atomic E-state index is 0. The molecule has 0 spiro atoms. The van der Waals surface area contributed by atoms with Crippen molar-refractivity contribution < 1.29 is 9.53 Å². The van der Waals surface area contributed by atoms with Crippen molar-refractivity contribution in [1.29, 1.82) is 0 Å². The number of ether oxygens (including phenoxy) is 1. The average molecular weight is 398 g/mol. The smallest absolute Gasteiger partial charge is 0.253 e. The Morgan fingerprint density at radius 2 is 2.12 bits per heavy atom. The van der Waals surface area contributed by atoms with E-state index in [1.807, 2.05) is 48.2 Å². The molecule has 142 valence electrons. The summed E-state index contributed by atoms with van der Waals surface area (Å²) in [4.78, 5) is 18.7. The number of carbonyl (C=O) groups is 1. The van der Waals surface area contributed by atoms with Crippen LogP contribution in [0.15, 0.2) is 42.6 Å². The number of carbonyl (C=O) groups excluding carboxylic acids is 1. The van der Waals surface area contributed by atoms with Crippen LogP contribution in [0.1, 0.15) is 28.0 Å². The second-order valence-electron chi connectivity index (χ2n) is 6.27. The van der Waals surface area contributed by atoms with Crippen LogP contribution >= 0.6 is 24.8 Å². The van der Waals surface area contributed by atoms with Gasteiger partial charge in [0.15, 0.2) is 0 Å². The topological polar surface area (TPSA) is 68.5 Å². The number of amides is 1. The third-order valence-corrected chi connectivity index (χ3v) is 4.37. The maximum atomic E-state index is 12.6.